The number of amides is 1. The van der Waals surface area contributed by atoms with Gasteiger partial charge in [-0.1, -0.05) is 13.8 Å². The molecule has 0 bridgehead atoms. The van der Waals surface area contributed by atoms with Crippen LogP contribution in [0.25, 0.3) is 0 Å². The van der Waals surface area contributed by atoms with Crippen LogP contribution in [-0.4, -0.2) is 33.2 Å². The van der Waals surface area contributed by atoms with E-state index in [1.807, 2.05) is 18.0 Å². The van der Waals surface area contributed by atoms with Crippen LogP contribution in [0.5, 0.6) is 0 Å². The van der Waals surface area contributed by atoms with Gasteiger partial charge in [0.15, 0.2) is 0 Å². The van der Waals surface area contributed by atoms with Gasteiger partial charge >= 0.3 is 0 Å². The highest BCUT2D eigenvalue weighted by Gasteiger charge is 2.28. The number of thioether (sulfide) groups is 1. The fraction of sp³-hybridized carbons (Fsp3) is 0.667. The second-order valence-electron chi connectivity index (χ2n) is 5.62. The summed E-state index contributed by atoms with van der Waals surface area (Å²) in [6, 6.07) is 0.463. The van der Waals surface area contributed by atoms with Crippen LogP contribution in [0, 0.1) is 5.41 Å². The van der Waals surface area contributed by atoms with Crippen molar-refractivity contribution in [1.29, 1.82) is 0 Å². The number of aromatic nitrogens is 2. The summed E-state index contributed by atoms with van der Waals surface area (Å²) in [5.41, 5.74) is 6.47. The van der Waals surface area contributed by atoms with E-state index in [2.05, 4.69) is 24.3 Å². The van der Waals surface area contributed by atoms with E-state index in [4.69, 9.17) is 5.73 Å². The normalized spacial score (nSPS) is 22.7. The minimum Gasteiger partial charge on any atom is -0.379 e. The van der Waals surface area contributed by atoms with Gasteiger partial charge in [-0.3, -0.25) is 9.48 Å². The van der Waals surface area contributed by atoms with Crippen LogP contribution >= 0.6 is 11.8 Å². The van der Waals surface area contributed by atoms with Gasteiger partial charge in [-0.2, -0.15) is 16.9 Å². The fourth-order valence-electron chi connectivity index (χ4n) is 2.28. The van der Waals surface area contributed by atoms with Crippen molar-refractivity contribution in [1.82, 2.24) is 9.78 Å². The van der Waals surface area contributed by atoms with E-state index in [9.17, 15) is 4.79 Å². The molecule has 6 heteroatoms. The largest absolute Gasteiger partial charge is 0.379 e. The lowest BCUT2D eigenvalue weighted by Gasteiger charge is -2.35. The number of primary amides is 1. The van der Waals surface area contributed by atoms with Crippen LogP contribution in [-0.2, 0) is 11.3 Å². The molecule has 1 amide bonds. The predicted octanol–water partition coefficient (Wildman–Crippen LogP) is 1.31. The standard InChI is InChI=1S/C12H20N4OS/c1-12(2)3-9(7-18-8-12)15-10-4-14-16(5-10)6-11(13)17/h4-5,9,15H,3,6-8H2,1-2H3,(H2,13,17). The van der Waals surface area contributed by atoms with Crippen molar-refractivity contribution in [3.8, 4) is 0 Å². The second kappa shape index (κ2) is 5.22. The van der Waals surface area contributed by atoms with Crippen LogP contribution in [0.4, 0.5) is 5.69 Å². The molecule has 0 aromatic carbocycles. The summed E-state index contributed by atoms with van der Waals surface area (Å²) < 4.78 is 1.56. The van der Waals surface area contributed by atoms with Crippen LogP contribution in [0.15, 0.2) is 12.4 Å². The van der Waals surface area contributed by atoms with Crippen molar-refractivity contribution in [3.63, 3.8) is 0 Å². The van der Waals surface area contributed by atoms with Crippen molar-refractivity contribution in [3.05, 3.63) is 12.4 Å². The Hall–Kier alpha value is -1.17. The van der Waals surface area contributed by atoms with E-state index < -0.39 is 0 Å². The Bertz CT molecular complexity index is 429. The molecule has 1 unspecified atom stereocenters. The number of nitrogens with one attached hydrogen (secondary N) is 1. The summed E-state index contributed by atoms with van der Waals surface area (Å²) in [7, 11) is 0. The number of carbonyl (C=O) groups excluding carboxylic acids is 1. The average molecular weight is 268 g/mol. The lowest BCUT2D eigenvalue weighted by atomic mass is 9.88. The Labute approximate surface area is 111 Å². The summed E-state index contributed by atoms with van der Waals surface area (Å²) in [4.78, 5) is 10.8. The predicted molar refractivity (Wildman–Crippen MR) is 74.6 cm³/mol. The first kappa shape index (κ1) is 13.3. The topological polar surface area (TPSA) is 72.9 Å². The summed E-state index contributed by atoms with van der Waals surface area (Å²) in [6.07, 6.45) is 4.73. The first-order chi connectivity index (χ1) is 8.44. The van der Waals surface area contributed by atoms with Gasteiger partial charge in [-0.15, -0.1) is 0 Å². The van der Waals surface area contributed by atoms with Gasteiger partial charge in [-0.25, -0.2) is 0 Å². The average Bonchev–Trinajstić information content (AvgIpc) is 2.62. The maximum Gasteiger partial charge on any atom is 0.239 e. The quantitative estimate of drug-likeness (QED) is 0.863. The lowest BCUT2D eigenvalue weighted by molar-refractivity contribution is -0.118. The van der Waals surface area contributed by atoms with Crippen LogP contribution in [0.2, 0.25) is 0 Å². The molecule has 1 aliphatic rings. The van der Waals surface area contributed by atoms with Crippen LogP contribution in [0.3, 0.4) is 0 Å². The Morgan fingerprint density at radius 2 is 2.50 bits per heavy atom. The SMILES string of the molecule is CC1(C)CSCC(Nc2cnn(CC(N)=O)c2)C1. The Morgan fingerprint density at radius 1 is 1.72 bits per heavy atom. The maximum absolute atomic E-state index is 10.8. The molecule has 1 aliphatic heterocycles. The van der Waals surface area contributed by atoms with E-state index in [0.717, 1.165) is 17.9 Å². The molecule has 100 valence electrons. The van der Waals surface area contributed by atoms with Crippen molar-refractivity contribution < 1.29 is 4.79 Å². The van der Waals surface area contributed by atoms with Crippen molar-refractivity contribution in [2.24, 2.45) is 11.1 Å². The molecule has 0 saturated carbocycles. The van der Waals surface area contributed by atoms with E-state index >= 15 is 0 Å². The van der Waals surface area contributed by atoms with Gasteiger partial charge in [0, 0.05) is 18.0 Å². The maximum atomic E-state index is 10.8. The number of carbonyl (C=O) groups is 1. The minimum absolute atomic E-state index is 0.132. The minimum atomic E-state index is -0.376. The molecule has 1 saturated heterocycles. The number of nitrogens with two attached hydrogens (primary N) is 1. The summed E-state index contributed by atoms with van der Waals surface area (Å²) in [6.45, 7) is 4.72. The molecule has 0 spiro atoms. The number of anilines is 1. The van der Waals surface area contributed by atoms with Crippen LogP contribution in [0.1, 0.15) is 20.3 Å². The second-order valence-corrected chi connectivity index (χ2v) is 6.65. The molecular formula is C12H20N4OS. The van der Waals surface area contributed by atoms with E-state index in [-0.39, 0.29) is 12.5 Å². The van der Waals surface area contributed by atoms with Gasteiger partial charge in [0.2, 0.25) is 5.91 Å². The molecule has 1 fully saturated rings. The monoisotopic (exact) mass is 268 g/mol. The Balaban J connectivity index is 1.93. The molecule has 18 heavy (non-hydrogen) atoms. The highest BCUT2D eigenvalue weighted by molar-refractivity contribution is 7.99. The molecule has 5 nitrogen and oxygen atoms in total. The first-order valence-corrected chi connectivity index (χ1v) is 7.25. The number of nitrogens with zero attached hydrogens (tertiary/aromatic N) is 2. The molecular weight excluding hydrogens is 248 g/mol. The third-order valence-electron chi connectivity index (χ3n) is 2.93. The van der Waals surface area contributed by atoms with Gasteiger partial charge in [0.25, 0.3) is 0 Å². The molecule has 2 heterocycles. The summed E-state index contributed by atoms with van der Waals surface area (Å²) in [5, 5.41) is 7.58. The molecule has 1 aromatic heterocycles. The Morgan fingerprint density at radius 3 is 3.17 bits per heavy atom. The third-order valence-corrected chi connectivity index (χ3v) is 4.56. The van der Waals surface area contributed by atoms with Crippen molar-refractivity contribution in [2.75, 3.05) is 16.8 Å². The highest BCUT2D eigenvalue weighted by Crippen LogP contribution is 2.34. The lowest BCUT2D eigenvalue weighted by Crippen LogP contribution is -2.35. The fourth-order valence-corrected chi connectivity index (χ4v) is 3.55. The Kier molecular flexibility index (Phi) is 3.85. The van der Waals surface area contributed by atoms with Gasteiger partial charge in [-0.05, 0) is 17.6 Å². The number of rotatable bonds is 4. The molecule has 0 radical (unpaired) electrons. The zero-order valence-corrected chi connectivity index (χ0v) is 11.7. The van der Waals surface area contributed by atoms with E-state index in [1.54, 1.807) is 10.9 Å². The van der Waals surface area contributed by atoms with E-state index in [1.165, 1.54) is 5.75 Å². The van der Waals surface area contributed by atoms with Gasteiger partial charge in [0.05, 0.1) is 11.9 Å². The summed E-state index contributed by atoms with van der Waals surface area (Å²) in [5.74, 6) is 1.95. The molecule has 0 aliphatic carbocycles. The van der Waals surface area contributed by atoms with E-state index in [0.29, 0.717) is 11.5 Å². The molecule has 2 rings (SSSR count). The molecule has 1 aromatic rings. The van der Waals surface area contributed by atoms with Gasteiger partial charge < -0.3 is 11.1 Å². The first-order valence-electron chi connectivity index (χ1n) is 6.10. The zero-order chi connectivity index (χ0) is 13.2. The van der Waals surface area contributed by atoms with Crippen LogP contribution < -0.4 is 11.1 Å². The number of hydrogen-bond donors (Lipinski definition) is 2. The van der Waals surface area contributed by atoms with Crippen molar-refractivity contribution in [2.45, 2.75) is 32.9 Å². The third kappa shape index (κ3) is 3.66. The number of hydrogen-bond acceptors (Lipinski definition) is 4. The molecule has 3 N–H and O–H groups in total. The van der Waals surface area contributed by atoms with Crippen molar-refractivity contribution >= 4 is 23.4 Å². The zero-order valence-electron chi connectivity index (χ0n) is 10.8. The smallest absolute Gasteiger partial charge is 0.239 e. The molecule has 1 atom stereocenters. The highest BCUT2D eigenvalue weighted by atomic mass is 32.2. The summed E-state index contributed by atoms with van der Waals surface area (Å²) >= 11 is 1.98. The van der Waals surface area contributed by atoms with Gasteiger partial charge in [0.1, 0.15) is 6.54 Å².